The Kier molecular flexibility index (Phi) is 26.1. The van der Waals surface area contributed by atoms with Gasteiger partial charge in [-0.05, 0) is 6.42 Å². The van der Waals surface area contributed by atoms with Crippen molar-refractivity contribution >= 4 is 10.1 Å². The summed E-state index contributed by atoms with van der Waals surface area (Å²) in [7, 11) is -3.96. The van der Waals surface area contributed by atoms with E-state index in [-0.39, 0.29) is 13.2 Å². The molecule has 0 aliphatic rings. The lowest BCUT2D eigenvalue weighted by atomic mass is 10.0. The van der Waals surface area contributed by atoms with Crippen molar-refractivity contribution in [1.29, 1.82) is 0 Å². The van der Waals surface area contributed by atoms with Gasteiger partial charge in [-0.2, -0.15) is 8.42 Å². The average Bonchev–Trinajstić information content (AvgIpc) is 2.80. The number of unbranched alkanes of at least 4 members (excludes halogenated alkanes) is 14. The molecule has 0 fully saturated rings. The van der Waals surface area contributed by atoms with Crippen LogP contribution in [0.15, 0.2) is 0 Å². The second kappa shape index (κ2) is 26.7. The molecule has 0 heterocycles. The predicted octanol–water partition coefficient (Wildman–Crippen LogP) is 5.77. The summed E-state index contributed by atoms with van der Waals surface area (Å²) >= 11 is 0. The van der Waals surface area contributed by atoms with E-state index in [0.717, 1.165) is 12.8 Å². The highest BCUT2D eigenvalue weighted by Gasteiger charge is 2.03. The first-order chi connectivity index (χ1) is 16.6. The first kappa shape index (κ1) is 33.1. The second-order valence-electron chi connectivity index (χ2n) is 8.60. The highest BCUT2D eigenvalue weighted by molar-refractivity contribution is 7.85. The van der Waals surface area contributed by atoms with E-state index in [0.29, 0.717) is 33.0 Å². The Morgan fingerprint density at radius 1 is 0.588 bits per heavy atom. The van der Waals surface area contributed by atoms with Crippen LogP contribution in [0.4, 0.5) is 0 Å². The third-order valence-electron chi connectivity index (χ3n) is 5.36. The maximum absolute atomic E-state index is 10.5. The van der Waals surface area contributed by atoms with E-state index in [1.165, 1.54) is 83.5 Å². The van der Waals surface area contributed by atoms with Crippen LogP contribution in [0.25, 0.3) is 0 Å². The molecule has 7 nitrogen and oxygen atoms in total. The van der Waals surface area contributed by atoms with Gasteiger partial charge < -0.3 is 18.9 Å². The smallest absolute Gasteiger partial charge is 0.267 e. The molecule has 202 valence electrons. The first-order valence-corrected chi connectivity index (χ1v) is 14.9. The number of hydrogen-bond acceptors (Lipinski definition) is 6. The topological polar surface area (TPSA) is 91.3 Å². The van der Waals surface area contributed by atoms with Gasteiger partial charge in [0.1, 0.15) is 12.7 Å². The van der Waals surface area contributed by atoms with Gasteiger partial charge in [-0.15, -0.1) is 0 Å². The summed E-state index contributed by atoms with van der Waals surface area (Å²) in [5, 5.41) is 0. The molecule has 1 N–H and O–H groups in total. The van der Waals surface area contributed by atoms with Crippen LogP contribution >= 0.6 is 0 Å². The maximum atomic E-state index is 10.5. The zero-order chi connectivity index (χ0) is 25.0. The van der Waals surface area contributed by atoms with E-state index >= 15 is 0 Å². The van der Waals surface area contributed by atoms with E-state index in [1.54, 1.807) is 0 Å². The van der Waals surface area contributed by atoms with Gasteiger partial charge in [-0.3, -0.25) is 4.55 Å². The molecule has 0 radical (unpaired) electrons. The molecule has 0 aliphatic carbocycles. The lowest BCUT2D eigenvalue weighted by molar-refractivity contribution is 0.00971. The molecule has 34 heavy (non-hydrogen) atoms. The van der Waals surface area contributed by atoms with E-state index in [4.69, 9.17) is 23.5 Å². The van der Waals surface area contributed by atoms with Crippen LogP contribution in [0, 0.1) is 12.0 Å². The molecule has 0 rings (SSSR count). The lowest BCUT2D eigenvalue weighted by Crippen LogP contribution is -2.14. The molecular formula is C26H50O7S. The summed E-state index contributed by atoms with van der Waals surface area (Å²) in [5.74, 6) is 2.65. The van der Waals surface area contributed by atoms with Crippen molar-refractivity contribution in [2.24, 2.45) is 0 Å². The van der Waals surface area contributed by atoms with Crippen LogP contribution in [-0.2, 0) is 29.1 Å². The van der Waals surface area contributed by atoms with Crippen LogP contribution in [-0.4, -0.2) is 65.0 Å². The van der Waals surface area contributed by atoms with Gasteiger partial charge in [0.25, 0.3) is 10.1 Å². The minimum atomic E-state index is -3.96. The fourth-order valence-electron chi connectivity index (χ4n) is 3.37. The summed E-state index contributed by atoms with van der Waals surface area (Å²) < 4.78 is 50.4. The SMILES string of the molecule is CCCCCCCCCCCCCCCCC#COCCOCCOCCOCCS(=O)(=O)O. The predicted molar refractivity (Wildman–Crippen MR) is 138 cm³/mol. The summed E-state index contributed by atoms with van der Waals surface area (Å²) in [4.78, 5) is 0. The Balaban J connectivity index is 3.14. The zero-order valence-corrected chi connectivity index (χ0v) is 22.4. The van der Waals surface area contributed by atoms with Crippen LogP contribution in [0.2, 0.25) is 0 Å². The van der Waals surface area contributed by atoms with E-state index < -0.39 is 15.9 Å². The normalized spacial score (nSPS) is 11.4. The Labute approximate surface area is 209 Å². The first-order valence-electron chi connectivity index (χ1n) is 13.3. The molecule has 0 aromatic rings. The molecule has 0 aromatic carbocycles. The van der Waals surface area contributed by atoms with Crippen molar-refractivity contribution in [1.82, 2.24) is 0 Å². The summed E-state index contributed by atoms with van der Waals surface area (Å²) in [6.07, 6.45) is 22.7. The number of ether oxygens (including phenoxy) is 4. The van der Waals surface area contributed by atoms with Gasteiger partial charge >= 0.3 is 0 Å². The van der Waals surface area contributed by atoms with E-state index in [1.807, 2.05) is 0 Å². The number of hydrogen-bond donors (Lipinski definition) is 1. The molecule has 0 unspecified atom stereocenters. The van der Waals surface area contributed by atoms with Crippen molar-refractivity contribution in [3.63, 3.8) is 0 Å². The number of rotatable bonds is 26. The van der Waals surface area contributed by atoms with Gasteiger partial charge in [0.15, 0.2) is 0 Å². The molecule has 0 amide bonds. The quantitative estimate of drug-likeness (QED) is 0.0904. The lowest BCUT2D eigenvalue weighted by Gasteiger charge is -2.06. The monoisotopic (exact) mass is 506 g/mol. The van der Waals surface area contributed by atoms with Gasteiger partial charge in [0.05, 0.1) is 45.4 Å². The van der Waals surface area contributed by atoms with Gasteiger partial charge in [-0.1, -0.05) is 96.3 Å². The van der Waals surface area contributed by atoms with Gasteiger partial charge in [-0.25, -0.2) is 0 Å². The Bertz CT molecular complexity index is 569. The van der Waals surface area contributed by atoms with Crippen LogP contribution in [0.3, 0.4) is 0 Å². The Morgan fingerprint density at radius 2 is 1.00 bits per heavy atom. The van der Waals surface area contributed by atoms with Crippen molar-refractivity contribution in [2.75, 3.05) is 52.0 Å². The van der Waals surface area contributed by atoms with Crippen LogP contribution < -0.4 is 0 Å². The van der Waals surface area contributed by atoms with Gasteiger partial charge in [0, 0.05) is 6.42 Å². The minimum absolute atomic E-state index is 0.0452. The Hall–Kier alpha value is -0.850. The standard InChI is InChI=1S/C26H50O7S/c1-2-3-4-5-6-7-8-9-10-11-12-13-14-15-16-17-18-30-19-20-31-21-22-32-23-24-33-25-26-34(27,28)29/h2-16,19-26H2,1H3,(H,27,28,29). The maximum Gasteiger partial charge on any atom is 0.267 e. The molecule has 0 atom stereocenters. The summed E-state index contributed by atoms with van der Waals surface area (Å²) in [5.41, 5.74) is 0. The highest BCUT2D eigenvalue weighted by atomic mass is 32.2. The molecule has 0 saturated carbocycles. The fourth-order valence-corrected chi connectivity index (χ4v) is 3.70. The Morgan fingerprint density at radius 3 is 1.47 bits per heavy atom. The zero-order valence-electron chi connectivity index (χ0n) is 21.6. The molecule has 0 aromatic heterocycles. The third-order valence-corrected chi connectivity index (χ3v) is 6.04. The molecule has 0 aliphatic heterocycles. The van der Waals surface area contributed by atoms with Crippen molar-refractivity contribution in [2.45, 2.75) is 103 Å². The third kappa shape index (κ3) is 31.1. The van der Waals surface area contributed by atoms with E-state index in [9.17, 15) is 8.42 Å². The molecular weight excluding hydrogens is 456 g/mol. The van der Waals surface area contributed by atoms with E-state index in [2.05, 4.69) is 19.0 Å². The van der Waals surface area contributed by atoms with Crippen LogP contribution in [0.1, 0.15) is 103 Å². The summed E-state index contributed by atoms with van der Waals surface area (Å²) in [6, 6.07) is 0. The van der Waals surface area contributed by atoms with Crippen molar-refractivity contribution in [3.8, 4) is 12.0 Å². The fraction of sp³-hybridized carbons (Fsp3) is 0.923. The van der Waals surface area contributed by atoms with Crippen LogP contribution in [0.5, 0.6) is 0 Å². The molecule has 0 bridgehead atoms. The minimum Gasteiger partial charge on any atom is -0.444 e. The molecule has 0 saturated heterocycles. The van der Waals surface area contributed by atoms with Crippen molar-refractivity contribution < 1.29 is 31.9 Å². The van der Waals surface area contributed by atoms with Crippen molar-refractivity contribution in [3.05, 3.63) is 0 Å². The largest absolute Gasteiger partial charge is 0.444 e. The highest BCUT2D eigenvalue weighted by Crippen LogP contribution is 2.13. The molecule has 0 spiro atoms. The second-order valence-corrected chi connectivity index (χ2v) is 10.2. The summed E-state index contributed by atoms with van der Waals surface area (Å²) in [6.45, 7) is 4.60. The molecule has 8 heteroatoms. The average molecular weight is 507 g/mol. The van der Waals surface area contributed by atoms with Gasteiger partial charge in [0.2, 0.25) is 0 Å².